The molecule has 0 fully saturated rings. The van der Waals surface area contributed by atoms with Crippen LogP contribution in [0, 0.1) is 5.41 Å². The maximum Gasteiger partial charge on any atom is 0.229 e. The second kappa shape index (κ2) is 5.61. The summed E-state index contributed by atoms with van der Waals surface area (Å²) < 4.78 is 24.9. The van der Waals surface area contributed by atoms with Crippen molar-refractivity contribution in [3.63, 3.8) is 0 Å². The summed E-state index contributed by atoms with van der Waals surface area (Å²) in [6.07, 6.45) is 1.43. The van der Waals surface area contributed by atoms with Gasteiger partial charge in [0.25, 0.3) is 0 Å². The maximum atomic E-state index is 11.9. The third-order valence-corrected chi connectivity index (χ3v) is 2.78. The lowest BCUT2D eigenvalue weighted by Gasteiger charge is -2.18. The Bertz CT molecular complexity index is 559. The summed E-state index contributed by atoms with van der Waals surface area (Å²) in [4.78, 5) is 11.9. The zero-order valence-electron chi connectivity index (χ0n) is 11.6. The average Bonchev–Trinajstić information content (AvgIpc) is 2.15. The van der Waals surface area contributed by atoms with Crippen molar-refractivity contribution in [1.82, 2.24) is 0 Å². The Balaban J connectivity index is 2.87. The van der Waals surface area contributed by atoms with E-state index >= 15 is 0 Å². The topological polar surface area (TPSA) is 75.3 Å². The van der Waals surface area contributed by atoms with Crippen LogP contribution in [0.5, 0.6) is 0 Å². The van der Waals surface area contributed by atoms with E-state index in [1.54, 1.807) is 24.3 Å². The number of benzene rings is 1. The van der Waals surface area contributed by atoms with Gasteiger partial charge in [-0.2, -0.15) is 0 Å². The summed E-state index contributed by atoms with van der Waals surface area (Å²) in [7, 11) is -3.37. The normalized spacial score (nSPS) is 12.0. The first-order chi connectivity index (χ1) is 8.57. The van der Waals surface area contributed by atoms with Gasteiger partial charge in [-0.3, -0.25) is 9.52 Å². The van der Waals surface area contributed by atoms with Gasteiger partial charge in [-0.15, -0.1) is 0 Å². The molecule has 0 aliphatic carbocycles. The van der Waals surface area contributed by atoms with Crippen LogP contribution in [0.1, 0.15) is 27.2 Å². The molecule has 0 bridgehead atoms. The van der Waals surface area contributed by atoms with Gasteiger partial charge >= 0.3 is 0 Å². The summed E-state index contributed by atoms with van der Waals surface area (Å²) in [5.41, 5.74) is 0.706. The Morgan fingerprint density at radius 1 is 1.16 bits per heavy atom. The van der Waals surface area contributed by atoms with Gasteiger partial charge in [-0.05, 0) is 17.5 Å². The third kappa shape index (κ3) is 6.24. The summed E-state index contributed by atoms with van der Waals surface area (Å²) in [5, 5.41) is 2.72. The lowest BCUT2D eigenvalue weighted by atomic mass is 9.92. The molecule has 106 valence electrons. The summed E-state index contributed by atoms with van der Waals surface area (Å²) in [5.74, 6) is -0.143. The van der Waals surface area contributed by atoms with Crippen LogP contribution in [-0.2, 0) is 14.8 Å². The first-order valence-electron chi connectivity index (χ1n) is 5.93. The molecule has 0 heterocycles. The van der Waals surface area contributed by atoms with E-state index in [0.29, 0.717) is 17.8 Å². The van der Waals surface area contributed by atoms with Crippen LogP contribution in [0.15, 0.2) is 24.3 Å². The van der Waals surface area contributed by atoms with Crippen molar-refractivity contribution in [3.05, 3.63) is 24.3 Å². The largest absolute Gasteiger partial charge is 0.324 e. The van der Waals surface area contributed by atoms with Gasteiger partial charge in [0, 0.05) is 6.42 Å². The van der Waals surface area contributed by atoms with Crippen LogP contribution in [0.3, 0.4) is 0 Å². The minimum atomic E-state index is -3.37. The summed E-state index contributed by atoms with van der Waals surface area (Å²) in [6, 6.07) is 6.70. The molecule has 0 saturated heterocycles. The van der Waals surface area contributed by atoms with E-state index in [1.165, 1.54) is 0 Å². The SMILES string of the molecule is CC(C)(C)CC(=O)Nc1ccccc1NS(C)(=O)=O. The Morgan fingerprint density at radius 3 is 2.16 bits per heavy atom. The van der Waals surface area contributed by atoms with Crippen LogP contribution in [-0.4, -0.2) is 20.6 Å². The van der Waals surface area contributed by atoms with Crippen molar-refractivity contribution in [2.45, 2.75) is 27.2 Å². The molecule has 0 atom stereocenters. The van der Waals surface area contributed by atoms with Crippen molar-refractivity contribution in [2.24, 2.45) is 5.41 Å². The molecule has 0 spiro atoms. The van der Waals surface area contributed by atoms with Gasteiger partial charge in [0.15, 0.2) is 0 Å². The van der Waals surface area contributed by atoms with Crippen LogP contribution >= 0.6 is 0 Å². The van der Waals surface area contributed by atoms with Crippen molar-refractivity contribution in [2.75, 3.05) is 16.3 Å². The zero-order chi connectivity index (χ0) is 14.7. The molecule has 0 unspecified atom stereocenters. The fraction of sp³-hybridized carbons (Fsp3) is 0.462. The lowest BCUT2D eigenvalue weighted by molar-refractivity contribution is -0.117. The Kier molecular flexibility index (Phi) is 4.57. The van der Waals surface area contributed by atoms with Crippen molar-refractivity contribution < 1.29 is 13.2 Å². The number of para-hydroxylation sites is 2. The molecule has 1 aromatic carbocycles. The number of hydrogen-bond donors (Lipinski definition) is 2. The van der Waals surface area contributed by atoms with Gasteiger partial charge in [0.2, 0.25) is 15.9 Å². The van der Waals surface area contributed by atoms with E-state index in [9.17, 15) is 13.2 Å². The van der Waals surface area contributed by atoms with Gasteiger partial charge in [-0.1, -0.05) is 32.9 Å². The highest BCUT2D eigenvalue weighted by Crippen LogP contribution is 2.24. The monoisotopic (exact) mass is 284 g/mol. The van der Waals surface area contributed by atoms with E-state index in [4.69, 9.17) is 0 Å². The van der Waals surface area contributed by atoms with E-state index < -0.39 is 10.0 Å². The summed E-state index contributed by atoms with van der Waals surface area (Å²) in [6.45, 7) is 5.90. The zero-order valence-corrected chi connectivity index (χ0v) is 12.5. The van der Waals surface area contributed by atoms with Crippen LogP contribution < -0.4 is 10.0 Å². The van der Waals surface area contributed by atoms with Crippen LogP contribution in [0.2, 0.25) is 0 Å². The molecule has 2 N–H and O–H groups in total. The minimum absolute atomic E-state index is 0.122. The van der Waals surface area contributed by atoms with Crippen LogP contribution in [0.4, 0.5) is 11.4 Å². The molecule has 0 aliphatic rings. The predicted octanol–water partition coefficient (Wildman–Crippen LogP) is 2.43. The van der Waals surface area contributed by atoms with Crippen LogP contribution in [0.25, 0.3) is 0 Å². The van der Waals surface area contributed by atoms with Gasteiger partial charge < -0.3 is 5.32 Å². The Labute approximate surface area is 114 Å². The number of amides is 1. The highest BCUT2D eigenvalue weighted by atomic mass is 32.2. The molecule has 0 aromatic heterocycles. The van der Waals surface area contributed by atoms with Gasteiger partial charge in [0.1, 0.15) is 0 Å². The smallest absolute Gasteiger partial charge is 0.229 e. The number of carbonyl (C=O) groups excluding carboxylic acids is 1. The first-order valence-corrected chi connectivity index (χ1v) is 7.83. The number of anilines is 2. The Hall–Kier alpha value is -1.56. The molecule has 5 nitrogen and oxygen atoms in total. The minimum Gasteiger partial charge on any atom is -0.324 e. The molecule has 6 heteroatoms. The second-order valence-electron chi connectivity index (χ2n) is 5.71. The Morgan fingerprint density at radius 2 is 1.68 bits per heavy atom. The number of rotatable bonds is 4. The second-order valence-corrected chi connectivity index (χ2v) is 7.45. The molecule has 1 rings (SSSR count). The number of nitrogens with one attached hydrogen (secondary N) is 2. The highest BCUT2D eigenvalue weighted by Gasteiger charge is 2.17. The van der Waals surface area contributed by atoms with Gasteiger partial charge in [0.05, 0.1) is 17.6 Å². The molecular weight excluding hydrogens is 264 g/mol. The lowest BCUT2D eigenvalue weighted by Crippen LogP contribution is -2.21. The van der Waals surface area contributed by atoms with Gasteiger partial charge in [-0.25, -0.2) is 8.42 Å². The molecular formula is C13H20N2O3S. The quantitative estimate of drug-likeness (QED) is 0.891. The fourth-order valence-electron chi connectivity index (χ4n) is 1.56. The van der Waals surface area contributed by atoms with E-state index in [2.05, 4.69) is 10.0 Å². The van der Waals surface area contributed by atoms with Crippen molar-refractivity contribution in [1.29, 1.82) is 0 Å². The fourth-order valence-corrected chi connectivity index (χ4v) is 2.13. The molecule has 0 radical (unpaired) electrons. The average molecular weight is 284 g/mol. The molecule has 1 aromatic rings. The summed E-state index contributed by atoms with van der Waals surface area (Å²) >= 11 is 0. The van der Waals surface area contributed by atoms with Crippen molar-refractivity contribution >= 4 is 27.3 Å². The first kappa shape index (κ1) is 15.5. The number of sulfonamides is 1. The predicted molar refractivity (Wildman–Crippen MR) is 77.6 cm³/mol. The molecule has 19 heavy (non-hydrogen) atoms. The number of hydrogen-bond acceptors (Lipinski definition) is 3. The van der Waals surface area contributed by atoms with E-state index in [-0.39, 0.29) is 11.3 Å². The maximum absolute atomic E-state index is 11.9. The van der Waals surface area contributed by atoms with E-state index in [0.717, 1.165) is 6.26 Å². The molecule has 1 amide bonds. The highest BCUT2D eigenvalue weighted by molar-refractivity contribution is 7.92. The standard InChI is InChI=1S/C13H20N2O3S/c1-13(2,3)9-12(16)14-10-7-5-6-8-11(10)15-19(4,17)18/h5-8,15H,9H2,1-4H3,(H,14,16). The van der Waals surface area contributed by atoms with Crippen molar-refractivity contribution in [3.8, 4) is 0 Å². The molecule has 0 aliphatic heterocycles. The number of carbonyl (C=O) groups is 1. The third-order valence-electron chi connectivity index (χ3n) is 2.19. The van der Waals surface area contributed by atoms with E-state index in [1.807, 2.05) is 20.8 Å². The molecule has 0 saturated carbocycles.